The molecule has 86 valence electrons. The van der Waals surface area contributed by atoms with E-state index in [2.05, 4.69) is 9.72 Å². The quantitative estimate of drug-likeness (QED) is 0.639. The summed E-state index contributed by atoms with van der Waals surface area (Å²) in [6.45, 7) is 1.89. The number of rotatable bonds is 3. The van der Waals surface area contributed by atoms with E-state index in [4.69, 9.17) is 5.11 Å². The molecule has 0 fully saturated rings. The molecule has 0 aliphatic rings. The first-order chi connectivity index (χ1) is 7.52. The van der Waals surface area contributed by atoms with Crippen LogP contribution in [0.15, 0.2) is 4.79 Å². The fourth-order valence-corrected chi connectivity index (χ4v) is 1.77. The van der Waals surface area contributed by atoms with Crippen LogP contribution in [-0.4, -0.2) is 28.6 Å². The van der Waals surface area contributed by atoms with Crippen molar-refractivity contribution in [2.24, 2.45) is 0 Å². The zero-order valence-electron chi connectivity index (χ0n) is 8.35. The molecule has 0 aromatic carbocycles. The van der Waals surface area contributed by atoms with Crippen molar-refractivity contribution in [3.8, 4) is 0 Å². The molecule has 16 heavy (non-hydrogen) atoms. The van der Waals surface area contributed by atoms with Crippen LogP contribution in [0.5, 0.6) is 0 Å². The highest BCUT2D eigenvalue weighted by atomic mass is 32.1. The van der Waals surface area contributed by atoms with Gasteiger partial charge in [-0.1, -0.05) is 0 Å². The lowest BCUT2D eigenvalue weighted by atomic mass is 10.6. The van der Waals surface area contributed by atoms with E-state index in [1.807, 2.05) is 0 Å². The molecule has 6 nitrogen and oxygen atoms in total. The van der Waals surface area contributed by atoms with Crippen LogP contribution in [0.1, 0.15) is 6.92 Å². The largest absolute Gasteiger partial charge is 0.478 e. The van der Waals surface area contributed by atoms with Crippen LogP contribution in [0.25, 0.3) is 12.2 Å². The maximum absolute atomic E-state index is 11.2. The van der Waals surface area contributed by atoms with Crippen LogP contribution in [0.4, 0.5) is 0 Å². The SMILES string of the molecule is CCOC(=O)C=c1[nH]c(=O)c(=CC(=O)O)s1. The lowest BCUT2D eigenvalue weighted by Gasteiger charge is -1.92. The van der Waals surface area contributed by atoms with Crippen LogP contribution >= 0.6 is 11.3 Å². The summed E-state index contributed by atoms with van der Waals surface area (Å²) in [5.41, 5.74) is -0.539. The van der Waals surface area contributed by atoms with Gasteiger partial charge in [-0.2, -0.15) is 0 Å². The number of H-pyrrole nitrogens is 1. The number of aromatic nitrogens is 1. The Morgan fingerprint density at radius 3 is 2.75 bits per heavy atom. The fourth-order valence-electron chi connectivity index (χ4n) is 0.927. The average molecular weight is 243 g/mol. The molecule has 0 aliphatic heterocycles. The molecule has 1 heterocycles. The predicted octanol–water partition coefficient (Wildman–Crippen LogP) is -1.35. The van der Waals surface area contributed by atoms with E-state index in [1.165, 1.54) is 0 Å². The van der Waals surface area contributed by atoms with Crippen molar-refractivity contribution in [1.82, 2.24) is 4.98 Å². The van der Waals surface area contributed by atoms with Crippen molar-refractivity contribution in [2.45, 2.75) is 6.92 Å². The molecule has 2 N–H and O–H groups in total. The summed E-state index contributed by atoms with van der Waals surface area (Å²) in [6, 6.07) is 0. The van der Waals surface area contributed by atoms with Crippen LogP contribution < -0.4 is 14.8 Å². The van der Waals surface area contributed by atoms with E-state index in [1.54, 1.807) is 6.92 Å². The van der Waals surface area contributed by atoms with Crippen LogP contribution in [-0.2, 0) is 14.3 Å². The van der Waals surface area contributed by atoms with Gasteiger partial charge in [0.15, 0.2) is 0 Å². The van der Waals surface area contributed by atoms with Gasteiger partial charge in [0, 0.05) is 6.08 Å². The van der Waals surface area contributed by atoms with Crippen LogP contribution in [0.2, 0.25) is 0 Å². The Morgan fingerprint density at radius 2 is 2.19 bits per heavy atom. The number of carbonyl (C=O) groups is 2. The number of hydrogen-bond acceptors (Lipinski definition) is 5. The number of thiazole rings is 1. The van der Waals surface area contributed by atoms with Crippen LogP contribution in [0.3, 0.4) is 0 Å². The van der Waals surface area contributed by atoms with Gasteiger partial charge in [0.2, 0.25) is 0 Å². The highest BCUT2D eigenvalue weighted by Gasteiger charge is 1.99. The predicted molar refractivity (Wildman–Crippen MR) is 57.4 cm³/mol. The molecule has 0 saturated carbocycles. The molecule has 1 aromatic heterocycles. The first kappa shape index (κ1) is 12.2. The van der Waals surface area contributed by atoms with Gasteiger partial charge in [-0.3, -0.25) is 4.79 Å². The summed E-state index contributed by atoms with van der Waals surface area (Å²) in [5.74, 6) is -1.79. The summed E-state index contributed by atoms with van der Waals surface area (Å²) in [5, 5.41) is 8.46. The first-order valence-corrected chi connectivity index (χ1v) is 5.17. The molecule has 0 aliphatic carbocycles. The summed E-state index contributed by atoms with van der Waals surface area (Å²) < 4.78 is 4.93. The molecule has 0 unspecified atom stereocenters. The van der Waals surface area contributed by atoms with Crippen LogP contribution in [0, 0.1) is 0 Å². The van der Waals surface area contributed by atoms with Crippen molar-refractivity contribution in [1.29, 1.82) is 0 Å². The number of carboxylic acids is 1. The third-order valence-corrected chi connectivity index (χ3v) is 2.43. The third kappa shape index (κ3) is 3.35. The second kappa shape index (κ2) is 5.26. The topological polar surface area (TPSA) is 96.5 Å². The lowest BCUT2D eigenvalue weighted by Crippen LogP contribution is -2.21. The average Bonchev–Trinajstić information content (AvgIpc) is 2.45. The number of ether oxygens (including phenoxy) is 1. The molecule has 0 spiro atoms. The van der Waals surface area contributed by atoms with Gasteiger partial charge in [0.25, 0.3) is 5.56 Å². The molecule has 1 aromatic rings. The molecule has 0 saturated heterocycles. The van der Waals surface area contributed by atoms with Gasteiger partial charge in [-0.05, 0) is 6.92 Å². The molecular weight excluding hydrogens is 234 g/mol. The number of carbonyl (C=O) groups excluding carboxylic acids is 1. The summed E-state index contributed by atoms with van der Waals surface area (Å²) in [7, 11) is 0. The summed E-state index contributed by atoms with van der Waals surface area (Å²) >= 11 is 0.881. The highest BCUT2D eigenvalue weighted by Crippen LogP contribution is 1.79. The minimum Gasteiger partial charge on any atom is -0.478 e. The molecule has 0 radical (unpaired) electrons. The Kier molecular flexibility index (Phi) is 4.01. The minimum absolute atomic E-state index is 0.0306. The second-order valence-electron chi connectivity index (χ2n) is 2.66. The van der Waals surface area contributed by atoms with Gasteiger partial charge < -0.3 is 14.8 Å². The molecule has 0 bridgehead atoms. The number of aromatic amines is 1. The second-order valence-corrected chi connectivity index (χ2v) is 3.75. The zero-order chi connectivity index (χ0) is 12.1. The van der Waals surface area contributed by atoms with Gasteiger partial charge in [0.05, 0.1) is 12.7 Å². The van der Waals surface area contributed by atoms with Crippen molar-refractivity contribution in [2.75, 3.05) is 6.61 Å². The Morgan fingerprint density at radius 1 is 1.50 bits per heavy atom. The Bertz CT molecular complexity index is 567. The Balaban J connectivity index is 3.16. The molecule has 1 rings (SSSR count). The molecule has 0 atom stereocenters. The monoisotopic (exact) mass is 243 g/mol. The van der Waals surface area contributed by atoms with Gasteiger partial charge in [-0.25, -0.2) is 9.59 Å². The Hall–Kier alpha value is -1.89. The fraction of sp³-hybridized carbons (Fsp3) is 0.222. The molecule has 0 amide bonds. The van der Waals surface area contributed by atoms with E-state index >= 15 is 0 Å². The minimum atomic E-state index is -1.21. The number of aliphatic carboxylic acids is 1. The normalized spacial score (nSPS) is 12.8. The van der Waals surface area contributed by atoms with E-state index in [9.17, 15) is 14.4 Å². The highest BCUT2D eigenvalue weighted by molar-refractivity contribution is 7.07. The van der Waals surface area contributed by atoms with E-state index in [-0.39, 0.29) is 15.8 Å². The first-order valence-electron chi connectivity index (χ1n) is 4.35. The molecular formula is C9H9NO5S. The smallest absolute Gasteiger partial charge is 0.333 e. The lowest BCUT2D eigenvalue weighted by molar-refractivity contribution is -0.135. The van der Waals surface area contributed by atoms with E-state index < -0.39 is 17.5 Å². The number of hydrogen-bond donors (Lipinski definition) is 2. The van der Waals surface area contributed by atoms with Crippen molar-refractivity contribution in [3.05, 3.63) is 19.5 Å². The number of carboxylic acid groups (broad SMARTS) is 1. The van der Waals surface area contributed by atoms with Crippen molar-refractivity contribution >= 4 is 35.4 Å². The maximum Gasteiger partial charge on any atom is 0.333 e. The van der Waals surface area contributed by atoms with E-state index in [0.717, 1.165) is 23.5 Å². The number of esters is 1. The summed E-state index contributed by atoms with van der Waals surface area (Å²) in [6.07, 6.45) is 1.89. The van der Waals surface area contributed by atoms with Crippen molar-refractivity contribution in [3.63, 3.8) is 0 Å². The third-order valence-electron chi connectivity index (χ3n) is 1.47. The van der Waals surface area contributed by atoms with Gasteiger partial charge in [0.1, 0.15) is 9.20 Å². The van der Waals surface area contributed by atoms with Gasteiger partial charge >= 0.3 is 11.9 Å². The molecule has 7 heteroatoms. The Labute approximate surface area is 93.5 Å². The standard InChI is InChI=1S/C9H9NO5S/c1-2-15-8(13)4-6-10-9(14)5(16-6)3-7(11)12/h3-4H,2H2,1H3,(H,10,14)(H,11,12). The van der Waals surface area contributed by atoms with Gasteiger partial charge in [-0.15, -0.1) is 11.3 Å². The maximum atomic E-state index is 11.2. The zero-order valence-corrected chi connectivity index (χ0v) is 9.17. The van der Waals surface area contributed by atoms with E-state index in [0.29, 0.717) is 0 Å². The summed E-state index contributed by atoms with van der Waals surface area (Å²) in [4.78, 5) is 34.9. The number of nitrogens with one attached hydrogen (secondary N) is 1. The van der Waals surface area contributed by atoms with Crippen molar-refractivity contribution < 1.29 is 19.4 Å².